The number of furan rings is 1. The van der Waals surface area contributed by atoms with Crippen LogP contribution in [0.5, 0.6) is 0 Å². The summed E-state index contributed by atoms with van der Waals surface area (Å²) in [6.45, 7) is 0.904. The second-order valence-corrected chi connectivity index (χ2v) is 8.66. The van der Waals surface area contributed by atoms with Crippen LogP contribution in [0.15, 0.2) is 59.0 Å². The van der Waals surface area contributed by atoms with Crippen molar-refractivity contribution in [2.75, 3.05) is 23.5 Å². The molecule has 138 valence electrons. The summed E-state index contributed by atoms with van der Waals surface area (Å²) in [5.74, 6) is 0. The van der Waals surface area contributed by atoms with Gasteiger partial charge in [0.25, 0.3) is 0 Å². The SMILES string of the molecule is CN1CN2c3ccc4c(oc5ccccc54)c3C3(CCCC3)c3cccc1c32. The van der Waals surface area contributed by atoms with Crippen LogP contribution in [-0.2, 0) is 5.41 Å². The highest BCUT2D eigenvalue weighted by molar-refractivity contribution is 6.09. The molecule has 0 radical (unpaired) electrons. The average Bonchev–Trinajstić information content (AvgIpc) is 3.43. The Morgan fingerprint density at radius 1 is 0.857 bits per heavy atom. The van der Waals surface area contributed by atoms with Crippen LogP contribution in [0, 0.1) is 0 Å². The molecule has 0 N–H and O–H groups in total. The molecule has 7 rings (SSSR count). The summed E-state index contributed by atoms with van der Waals surface area (Å²) in [5.41, 5.74) is 9.25. The molecule has 1 saturated carbocycles. The lowest BCUT2D eigenvalue weighted by atomic mass is 9.69. The Morgan fingerprint density at radius 3 is 2.61 bits per heavy atom. The molecule has 3 aliphatic rings. The first kappa shape index (κ1) is 15.0. The summed E-state index contributed by atoms with van der Waals surface area (Å²) in [4.78, 5) is 4.88. The molecular formula is C25H22N2O. The number of fused-ring (bicyclic) bond motifs is 8. The lowest BCUT2D eigenvalue weighted by Crippen LogP contribution is -2.35. The van der Waals surface area contributed by atoms with E-state index in [0.717, 1.165) is 17.8 Å². The minimum Gasteiger partial charge on any atom is -0.456 e. The van der Waals surface area contributed by atoms with Gasteiger partial charge in [-0.3, -0.25) is 0 Å². The van der Waals surface area contributed by atoms with Gasteiger partial charge in [-0.2, -0.15) is 0 Å². The number of hydrogen-bond acceptors (Lipinski definition) is 3. The fourth-order valence-corrected chi connectivity index (χ4v) is 6.16. The van der Waals surface area contributed by atoms with Crippen molar-refractivity contribution in [1.29, 1.82) is 0 Å². The highest BCUT2D eigenvalue weighted by atomic mass is 16.3. The summed E-state index contributed by atoms with van der Waals surface area (Å²) >= 11 is 0. The van der Waals surface area contributed by atoms with Crippen molar-refractivity contribution in [3.63, 3.8) is 0 Å². The van der Waals surface area contributed by atoms with Crippen LogP contribution in [0.3, 0.4) is 0 Å². The molecule has 3 heterocycles. The zero-order chi connectivity index (χ0) is 18.5. The Kier molecular flexibility index (Phi) is 2.64. The minimum atomic E-state index is 0.0791. The summed E-state index contributed by atoms with van der Waals surface area (Å²) in [5, 5.41) is 2.49. The third-order valence-corrected chi connectivity index (χ3v) is 7.32. The van der Waals surface area contributed by atoms with E-state index in [2.05, 4.69) is 71.4 Å². The van der Waals surface area contributed by atoms with Gasteiger partial charge in [-0.25, -0.2) is 0 Å². The van der Waals surface area contributed by atoms with Gasteiger partial charge < -0.3 is 14.2 Å². The zero-order valence-electron chi connectivity index (χ0n) is 16.0. The van der Waals surface area contributed by atoms with Gasteiger partial charge in [0.1, 0.15) is 11.2 Å². The normalized spacial score (nSPS) is 19.0. The Balaban J connectivity index is 1.66. The van der Waals surface area contributed by atoms with E-state index in [1.54, 1.807) is 0 Å². The Hall–Kier alpha value is -2.94. The van der Waals surface area contributed by atoms with E-state index in [-0.39, 0.29) is 5.41 Å². The fourth-order valence-electron chi connectivity index (χ4n) is 6.16. The maximum atomic E-state index is 6.55. The first-order valence-electron chi connectivity index (χ1n) is 10.3. The second-order valence-electron chi connectivity index (χ2n) is 8.66. The predicted molar refractivity (Wildman–Crippen MR) is 115 cm³/mol. The number of nitrogens with zero attached hydrogens (tertiary/aromatic N) is 2. The molecule has 1 fully saturated rings. The molecule has 3 heteroatoms. The van der Waals surface area contributed by atoms with E-state index in [1.165, 1.54) is 64.6 Å². The number of hydrogen-bond donors (Lipinski definition) is 0. The van der Waals surface area contributed by atoms with Gasteiger partial charge in [0.15, 0.2) is 0 Å². The van der Waals surface area contributed by atoms with Gasteiger partial charge in [-0.15, -0.1) is 0 Å². The van der Waals surface area contributed by atoms with Crippen LogP contribution in [-0.4, -0.2) is 13.7 Å². The van der Waals surface area contributed by atoms with E-state index in [0.29, 0.717) is 0 Å². The first-order valence-corrected chi connectivity index (χ1v) is 10.3. The molecule has 0 atom stereocenters. The van der Waals surface area contributed by atoms with Crippen molar-refractivity contribution in [2.24, 2.45) is 0 Å². The Bertz CT molecular complexity index is 1280. The quantitative estimate of drug-likeness (QED) is 0.364. The van der Waals surface area contributed by atoms with Gasteiger partial charge in [0, 0.05) is 28.8 Å². The van der Waals surface area contributed by atoms with E-state index in [4.69, 9.17) is 4.42 Å². The van der Waals surface area contributed by atoms with Crippen molar-refractivity contribution < 1.29 is 4.42 Å². The minimum absolute atomic E-state index is 0.0791. The van der Waals surface area contributed by atoms with Crippen LogP contribution < -0.4 is 9.80 Å². The third-order valence-electron chi connectivity index (χ3n) is 7.32. The molecule has 28 heavy (non-hydrogen) atoms. The van der Waals surface area contributed by atoms with Gasteiger partial charge in [-0.05, 0) is 42.7 Å². The summed E-state index contributed by atoms with van der Waals surface area (Å²) in [6, 6.07) is 20.0. The van der Waals surface area contributed by atoms with Crippen molar-refractivity contribution in [3.8, 4) is 0 Å². The topological polar surface area (TPSA) is 19.6 Å². The number of anilines is 3. The predicted octanol–water partition coefficient (Wildman–Crippen LogP) is 6.30. The molecular weight excluding hydrogens is 344 g/mol. The van der Waals surface area contributed by atoms with Crippen LogP contribution in [0.2, 0.25) is 0 Å². The number of benzene rings is 3. The molecule has 2 aliphatic heterocycles. The standard InChI is InChI=1S/C25H22N2O/c1-26-15-27-19-12-11-17-16-7-2-3-10-21(16)28-24(17)22(19)25(13-4-5-14-25)18-8-6-9-20(26)23(18)27/h2-3,6-12H,4-5,13-15H2,1H3. The second kappa shape index (κ2) is 4.91. The Labute approximate surface area is 164 Å². The van der Waals surface area contributed by atoms with Crippen molar-refractivity contribution in [2.45, 2.75) is 31.1 Å². The first-order chi connectivity index (χ1) is 13.8. The summed E-state index contributed by atoms with van der Waals surface area (Å²) < 4.78 is 6.55. The maximum Gasteiger partial charge on any atom is 0.141 e. The number of rotatable bonds is 0. The molecule has 1 aromatic heterocycles. The molecule has 4 aromatic rings. The van der Waals surface area contributed by atoms with E-state index in [1.807, 2.05) is 0 Å². The summed E-state index contributed by atoms with van der Waals surface area (Å²) in [6.07, 6.45) is 5.00. The molecule has 0 bridgehead atoms. The fraction of sp³-hybridized carbons (Fsp3) is 0.280. The van der Waals surface area contributed by atoms with Crippen molar-refractivity contribution in [1.82, 2.24) is 0 Å². The van der Waals surface area contributed by atoms with E-state index < -0.39 is 0 Å². The molecule has 0 amide bonds. The zero-order valence-corrected chi connectivity index (χ0v) is 16.0. The van der Waals surface area contributed by atoms with Crippen LogP contribution >= 0.6 is 0 Å². The lowest BCUT2D eigenvalue weighted by molar-refractivity contribution is 0.521. The smallest absolute Gasteiger partial charge is 0.141 e. The molecule has 3 nitrogen and oxygen atoms in total. The molecule has 0 unspecified atom stereocenters. The molecule has 3 aromatic carbocycles. The Morgan fingerprint density at radius 2 is 1.71 bits per heavy atom. The van der Waals surface area contributed by atoms with Crippen LogP contribution in [0.4, 0.5) is 17.1 Å². The number of para-hydroxylation sites is 2. The van der Waals surface area contributed by atoms with E-state index >= 15 is 0 Å². The largest absolute Gasteiger partial charge is 0.456 e. The third kappa shape index (κ3) is 1.59. The molecule has 0 saturated heterocycles. The molecule has 1 aliphatic carbocycles. The van der Waals surface area contributed by atoms with Crippen molar-refractivity contribution >= 4 is 39.0 Å². The van der Waals surface area contributed by atoms with Crippen molar-refractivity contribution in [3.05, 3.63) is 65.7 Å². The maximum absolute atomic E-state index is 6.55. The van der Waals surface area contributed by atoms with Crippen LogP contribution in [0.25, 0.3) is 21.9 Å². The molecule has 1 spiro atoms. The van der Waals surface area contributed by atoms with Gasteiger partial charge in [0.2, 0.25) is 0 Å². The summed E-state index contributed by atoms with van der Waals surface area (Å²) in [7, 11) is 2.20. The highest BCUT2D eigenvalue weighted by Gasteiger charge is 2.49. The van der Waals surface area contributed by atoms with Gasteiger partial charge in [0.05, 0.1) is 23.7 Å². The van der Waals surface area contributed by atoms with Crippen LogP contribution in [0.1, 0.15) is 36.8 Å². The highest BCUT2D eigenvalue weighted by Crippen LogP contribution is 2.61. The lowest BCUT2D eigenvalue weighted by Gasteiger charge is -2.41. The van der Waals surface area contributed by atoms with E-state index in [9.17, 15) is 0 Å². The van der Waals surface area contributed by atoms with Gasteiger partial charge >= 0.3 is 0 Å². The monoisotopic (exact) mass is 366 g/mol. The van der Waals surface area contributed by atoms with Gasteiger partial charge in [-0.1, -0.05) is 43.2 Å². The average molecular weight is 366 g/mol.